The minimum Gasteiger partial charge on any atom is -0.497 e. The summed E-state index contributed by atoms with van der Waals surface area (Å²) in [5.74, 6) is -1.21. The van der Waals surface area contributed by atoms with Crippen LogP contribution in [0.5, 0.6) is 5.75 Å². The van der Waals surface area contributed by atoms with Gasteiger partial charge in [-0.1, -0.05) is 36.4 Å². The minimum atomic E-state index is -1.21. The van der Waals surface area contributed by atoms with Crippen molar-refractivity contribution in [2.75, 3.05) is 0 Å². The first kappa shape index (κ1) is 22.9. The molecule has 0 radical (unpaired) electrons. The molecular weight excluding hydrogens is 408 g/mol. The van der Waals surface area contributed by atoms with E-state index in [1.807, 2.05) is 18.3 Å². The van der Waals surface area contributed by atoms with E-state index in [2.05, 4.69) is 41.4 Å². The standard InChI is InChI=1S/C14H15N.C6H3N3O7/c1-2-7-13(8-3-1)9-6-11-14-10-4-5-12-15-14;10-6-4(8(13)14)1-3(7(11)12)2-5(6)9(15)16/h1-5,7-8,10,12H,6,9,11H2;1-2,10H. The molecule has 0 atom stereocenters. The first-order valence-corrected chi connectivity index (χ1v) is 9.03. The van der Waals surface area contributed by atoms with Crippen LogP contribution in [-0.4, -0.2) is 24.9 Å². The Morgan fingerprint density at radius 3 is 1.84 bits per heavy atom. The van der Waals surface area contributed by atoms with E-state index in [9.17, 15) is 30.3 Å². The van der Waals surface area contributed by atoms with Gasteiger partial charge in [-0.3, -0.25) is 35.3 Å². The summed E-state index contributed by atoms with van der Waals surface area (Å²) in [4.78, 5) is 32.1. The number of benzene rings is 2. The van der Waals surface area contributed by atoms with Crippen molar-refractivity contribution in [2.24, 2.45) is 0 Å². The SMILES string of the molecule is O=[N+]([O-])c1cc([N+](=O)[O-])c(O)c([N+](=O)[O-])c1.c1ccc(CCCc2ccccn2)cc1. The van der Waals surface area contributed by atoms with Crippen molar-refractivity contribution >= 4 is 17.1 Å². The minimum absolute atomic E-state index is 0.447. The van der Waals surface area contributed by atoms with Crippen molar-refractivity contribution in [1.29, 1.82) is 0 Å². The normalized spacial score (nSPS) is 9.94. The fourth-order valence-corrected chi connectivity index (χ4v) is 2.64. The molecule has 1 aromatic heterocycles. The molecule has 1 N–H and O–H groups in total. The van der Waals surface area contributed by atoms with Gasteiger partial charge >= 0.3 is 11.4 Å². The van der Waals surface area contributed by atoms with Gasteiger partial charge in [0.2, 0.25) is 0 Å². The summed E-state index contributed by atoms with van der Waals surface area (Å²) in [6, 6.07) is 17.6. The molecule has 0 unspecified atom stereocenters. The molecule has 0 aliphatic heterocycles. The summed E-state index contributed by atoms with van der Waals surface area (Å²) in [6.07, 6.45) is 5.23. The second-order valence-electron chi connectivity index (χ2n) is 6.26. The molecule has 31 heavy (non-hydrogen) atoms. The van der Waals surface area contributed by atoms with Crippen LogP contribution in [0.4, 0.5) is 17.1 Å². The Labute approximate surface area is 176 Å². The van der Waals surface area contributed by atoms with Gasteiger partial charge < -0.3 is 5.11 Å². The number of nitro benzene ring substituents is 3. The Kier molecular flexibility index (Phi) is 8.08. The number of aromatic hydroxyl groups is 1. The number of non-ortho nitro benzene ring substituents is 1. The van der Waals surface area contributed by atoms with E-state index in [1.54, 1.807) is 0 Å². The zero-order valence-corrected chi connectivity index (χ0v) is 16.2. The molecule has 2 aromatic carbocycles. The van der Waals surface area contributed by atoms with Gasteiger partial charge in [0.15, 0.2) is 0 Å². The molecule has 0 spiro atoms. The number of aromatic nitrogens is 1. The van der Waals surface area contributed by atoms with E-state index in [1.165, 1.54) is 17.7 Å². The van der Waals surface area contributed by atoms with Gasteiger partial charge in [0.05, 0.1) is 26.9 Å². The lowest BCUT2D eigenvalue weighted by Crippen LogP contribution is -1.97. The highest BCUT2D eigenvalue weighted by molar-refractivity contribution is 5.64. The van der Waals surface area contributed by atoms with Crippen molar-refractivity contribution < 1.29 is 19.9 Å². The average Bonchev–Trinajstić information content (AvgIpc) is 2.75. The van der Waals surface area contributed by atoms with Gasteiger partial charge in [-0.25, -0.2) is 0 Å². The fourth-order valence-electron chi connectivity index (χ4n) is 2.64. The highest BCUT2D eigenvalue weighted by Gasteiger charge is 2.30. The van der Waals surface area contributed by atoms with Crippen LogP contribution < -0.4 is 0 Å². The lowest BCUT2D eigenvalue weighted by Gasteiger charge is -2.00. The monoisotopic (exact) mass is 426 g/mol. The van der Waals surface area contributed by atoms with Crippen LogP contribution in [0.1, 0.15) is 17.7 Å². The summed E-state index contributed by atoms with van der Waals surface area (Å²) in [5.41, 5.74) is -0.403. The molecule has 3 rings (SSSR count). The maximum absolute atomic E-state index is 10.4. The highest BCUT2D eigenvalue weighted by atomic mass is 16.6. The Morgan fingerprint density at radius 1 is 0.774 bits per heavy atom. The van der Waals surface area contributed by atoms with Crippen molar-refractivity contribution in [2.45, 2.75) is 19.3 Å². The molecule has 0 saturated carbocycles. The molecule has 3 aromatic rings. The molecule has 11 heteroatoms. The van der Waals surface area contributed by atoms with Gasteiger partial charge in [0, 0.05) is 11.9 Å². The lowest BCUT2D eigenvalue weighted by molar-refractivity contribution is -0.404. The first-order chi connectivity index (χ1) is 14.8. The fraction of sp³-hybridized carbons (Fsp3) is 0.150. The summed E-state index contributed by atoms with van der Waals surface area (Å²) < 4.78 is 0. The van der Waals surface area contributed by atoms with E-state index in [4.69, 9.17) is 5.11 Å². The van der Waals surface area contributed by atoms with Crippen LogP contribution in [0.3, 0.4) is 0 Å². The number of nitrogens with zero attached hydrogens (tertiary/aromatic N) is 4. The van der Waals surface area contributed by atoms with Gasteiger partial charge in [-0.2, -0.15) is 0 Å². The Hall–Kier alpha value is -4.41. The topological polar surface area (TPSA) is 163 Å². The molecule has 11 nitrogen and oxygen atoms in total. The lowest BCUT2D eigenvalue weighted by atomic mass is 10.1. The van der Waals surface area contributed by atoms with Crippen LogP contribution in [0.25, 0.3) is 0 Å². The molecule has 1 heterocycles. The van der Waals surface area contributed by atoms with E-state index in [-0.39, 0.29) is 0 Å². The third-order valence-electron chi connectivity index (χ3n) is 4.13. The maximum Gasteiger partial charge on any atom is 0.324 e. The second-order valence-corrected chi connectivity index (χ2v) is 6.26. The number of hydrogen-bond donors (Lipinski definition) is 1. The van der Waals surface area contributed by atoms with E-state index < -0.39 is 37.6 Å². The largest absolute Gasteiger partial charge is 0.497 e. The molecule has 0 fully saturated rings. The number of aryl methyl sites for hydroxylation is 2. The zero-order chi connectivity index (χ0) is 22.8. The number of nitro groups is 3. The number of phenolic OH excluding ortho intramolecular Hbond substituents is 1. The van der Waals surface area contributed by atoms with Crippen LogP contribution in [-0.2, 0) is 12.8 Å². The Morgan fingerprint density at radius 2 is 1.35 bits per heavy atom. The highest BCUT2D eigenvalue weighted by Crippen LogP contribution is 2.38. The smallest absolute Gasteiger partial charge is 0.324 e. The molecule has 0 bridgehead atoms. The predicted molar refractivity (Wildman–Crippen MR) is 111 cm³/mol. The van der Waals surface area contributed by atoms with E-state index in [0.29, 0.717) is 12.1 Å². The molecular formula is C20H18N4O7. The average molecular weight is 426 g/mol. The van der Waals surface area contributed by atoms with Crippen LogP contribution in [0, 0.1) is 30.3 Å². The zero-order valence-electron chi connectivity index (χ0n) is 16.2. The summed E-state index contributed by atoms with van der Waals surface area (Å²) in [6.45, 7) is 0. The molecule has 0 aliphatic rings. The van der Waals surface area contributed by atoms with Gasteiger partial charge in [-0.05, 0) is 37.0 Å². The summed E-state index contributed by atoms with van der Waals surface area (Å²) >= 11 is 0. The van der Waals surface area contributed by atoms with Gasteiger partial charge in [-0.15, -0.1) is 0 Å². The van der Waals surface area contributed by atoms with Crippen molar-refractivity contribution in [3.05, 3.63) is 108 Å². The molecule has 0 amide bonds. The molecule has 0 aliphatic carbocycles. The molecule has 0 saturated heterocycles. The predicted octanol–water partition coefficient (Wildman–Crippen LogP) is 4.37. The third kappa shape index (κ3) is 6.85. The summed E-state index contributed by atoms with van der Waals surface area (Å²) in [5, 5.41) is 40.2. The number of rotatable bonds is 7. The van der Waals surface area contributed by atoms with E-state index in [0.717, 1.165) is 12.8 Å². The van der Waals surface area contributed by atoms with Crippen LogP contribution in [0.2, 0.25) is 0 Å². The van der Waals surface area contributed by atoms with Crippen LogP contribution in [0.15, 0.2) is 66.9 Å². The first-order valence-electron chi connectivity index (χ1n) is 9.03. The quantitative estimate of drug-likeness (QED) is 0.430. The number of hydrogen-bond acceptors (Lipinski definition) is 8. The number of pyridine rings is 1. The van der Waals surface area contributed by atoms with Gasteiger partial charge in [0.1, 0.15) is 0 Å². The third-order valence-corrected chi connectivity index (χ3v) is 4.13. The maximum atomic E-state index is 10.4. The Balaban J connectivity index is 0.000000220. The number of phenols is 1. The Bertz CT molecular complexity index is 985. The van der Waals surface area contributed by atoms with Crippen molar-refractivity contribution in [3.63, 3.8) is 0 Å². The van der Waals surface area contributed by atoms with Crippen molar-refractivity contribution in [1.82, 2.24) is 4.98 Å². The second kappa shape index (κ2) is 11.0. The molecule has 160 valence electrons. The van der Waals surface area contributed by atoms with Gasteiger partial charge in [0.25, 0.3) is 11.4 Å². The van der Waals surface area contributed by atoms with Crippen molar-refractivity contribution in [3.8, 4) is 5.75 Å². The summed E-state index contributed by atoms with van der Waals surface area (Å²) in [7, 11) is 0. The van der Waals surface area contributed by atoms with E-state index >= 15 is 0 Å². The van der Waals surface area contributed by atoms with Crippen LogP contribution >= 0.6 is 0 Å².